The Morgan fingerprint density at radius 3 is 2.19 bits per heavy atom. The van der Waals surface area contributed by atoms with Crippen LogP contribution >= 0.6 is 0 Å². The number of hydrogen-bond acceptors (Lipinski definition) is 3. The molecule has 0 saturated heterocycles. The van der Waals surface area contributed by atoms with Gasteiger partial charge in [-0.15, -0.1) is 0 Å². The summed E-state index contributed by atoms with van der Waals surface area (Å²) in [6.07, 6.45) is 0.250. The second-order valence-electron chi connectivity index (χ2n) is 3.89. The van der Waals surface area contributed by atoms with Gasteiger partial charge in [-0.2, -0.15) is 0 Å². The first-order valence-corrected chi connectivity index (χ1v) is 4.82. The second-order valence-corrected chi connectivity index (χ2v) is 3.89. The van der Waals surface area contributed by atoms with Crippen LogP contribution in [0, 0.1) is 0 Å². The molecule has 0 aromatic rings. The number of carbonyl (C=O) groups is 3. The van der Waals surface area contributed by atoms with Crippen LogP contribution in [0.25, 0.3) is 0 Å². The van der Waals surface area contributed by atoms with Crippen molar-refractivity contribution in [1.82, 2.24) is 10.6 Å². The second kappa shape index (κ2) is 5.34. The van der Waals surface area contributed by atoms with Crippen LogP contribution in [-0.2, 0) is 9.59 Å². The lowest BCUT2D eigenvalue weighted by Gasteiger charge is -2.23. The number of amides is 3. The highest BCUT2D eigenvalue weighted by Crippen LogP contribution is 2.00. The minimum atomic E-state index is -1.22. The molecule has 7 nitrogen and oxygen atoms in total. The molecule has 0 radical (unpaired) electrons. The first-order chi connectivity index (χ1) is 7.20. The fourth-order valence-corrected chi connectivity index (χ4v) is 0.878. The van der Waals surface area contributed by atoms with Gasteiger partial charge >= 0.3 is 12.0 Å². The summed E-state index contributed by atoms with van der Waals surface area (Å²) in [6, 6.07) is -1.72. The van der Waals surface area contributed by atoms with E-state index in [1.807, 2.05) is 0 Å². The maximum atomic E-state index is 11.3. The van der Waals surface area contributed by atoms with E-state index in [1.54, 1.807) is 6.92 Å². The van der Waals surface area contributed by atoms with Gasteiger partial charge in [-0.25, -0.2) is 9.59 Å². The average Bonchev–Trinajstić information content (AvgIpc) is 2.12. The molecule has 0 aromatic carbocycles. The van der Waals surface area contributed by atoms with Gasteiger partial charge < -0.3 is 21.5 Å². The van der Waals surface area contributed by atoms with Gasteiger partial charge in [-0.05, 0) is 20.3 Å². The van der Waals surface area contributed by atoms with Crippen LogP contribution in [0.5, 0.6) is 0 Å². The molecule has 16 heavy (non-hydrogen) atoms. The van der Waals surface area contributed by atoms with Crippen LogP contribution in [0.2, 0.25) is 0 Å². The first kappa shape index (κ1) is 14.2. The standard InChI is InChI=1S/C9H17N3O4/c1-4-5(6(13)14)11-8(16)12-9(2,3)7(10)15/h5H,4H2,1-3H3,(H2,10,15)(H,13,14)(H2,11,12,16)/t5-/m1/s1. The lowest BCUT2D eigenvalue weighted by Crippen LogP contribution is -2.57. The van der Waals surface area contributed by atoms with E-state index >= 15 is 0 Å². The number of rotatable bonds is 5. The van der Waals surface area contributed by atoms with Gasteiger partial charge in [0, 0.05) is 0 Å². The summed E-state index contributed by atoms with van der Waals surface area (Å²) >= 11 is 0. The highest BCUT2D eigenvalue weighted by atomic mass is 16.4. The van der Waals surface area contributed by atoms with Gasteiger partial charge in [0.2, 0.25) is 5.91 Å². The number of hydrogen-bond donors (Lipinski definition) is 4. The zero-order valence-corrected chi connectivity index (χ0v) is 9.53. The molecule has 0 unspecified atom stereocenters. The number of nitrogens with one attached hydrogen (secondary N) is 2. The van der Waals surface area contributed by atoms with Crippen LogP contribution in [0.3, 0.4) is 0 Å². The molecule has 5 N–H and O–H groups in total. The third-order valence-corrected chi connectivity index (χ3v) is 2.05. The molecule has 3 amide bonds. The van der Waals surface area contributed by atoms with E-state index in [0.717, 1.165) is 0 Å². The summed E-state index contributed by atoms with van der Waals surface area (Å²) in [5.74, 6) is -1.83. The third-order valence-electron chi connectivity index (χ3n) is 2.05. The number of aliphatic carboxylic acids is 1. The quantitative estimate of drug-likeness (QED) is 0.505. The molecule has 7 heteroatoms. The molecule has 0 heterocycles. The van der Waals surface area contributed by atoms with Crippen molar-refractivity contribution < 1.29 is 19.5 Å². The molecule has 0 aliphatic carbocycles. The molecule has 1 atom stereocenters. The SMILES string of the molecule is CC[C@@H](NC(=O)NC(C)(C)C(N)=O)C(=O)O. The van der Waals surface area contributed by atoms with E-state index in [9.17, 15) is 14.4 Å². The average molecular weight is 231 g/mol. The van der Waals surface area contributed by atoms with Gasteiger partial charge in [0.25, 0.3) is 0 Å². The molecular weight excluding hydrogens is 214 g/mol. The van der Waals surface area contributed by atoms with Crippen LogP contribution in [-0.4, -0.2) is 34.6 Å². The zero-order valence-electron chi connectivity index (χ0n) is 9.53. The van der Waals surface area contributed by atoms with Crippen molar-refractivity contribution in [3.63, 3.8) is 0 Å². The number of nitrogens with two attached hydrogens (primary N) is 1. The Morgan fingerprint density at radius 2 is 1.88 bits per heavy atom. The van der Waals surface area contributed by atoms with Crippen LogP contribution in [0.15, 0.2) is 0 Å². The Kier molecular flexibility index (Phi) is 4.74. The third kappa shape index (κ3) is 4.16. The predicted octanol–water partition coefficient (Wildman–Crippen LogP) is -0.587. The molecule has 0 fully saturated rings. The summed E-state index contributed by atoms with van der Waals surface area (Å²) in [7, 11) is 0. The van der Waals surface area contributed by atoms with Gasteiger partial charge in [0.05, 0.1) is 0 Å². The molecular formula is C9H17N3O4. The van der Waals surface area contributed by atoms with Crippen LogP contribution in [0.4, 0.5) is 4.79 Å². The number of carboxylic acids is 1. The van der Waals surface area contributed by atoms with Gasteiger partial charge in [-0.1, -0.05) is 6.92 Å². The number of urea groups is 1. The Hall–Kier alpha value is -1.79. The normalized spacial score (nSPS) is 12.7. The van der Waals surface area contributed by atoms with E-state index in [-0.39, 0.29) is 6.42 Å². The monoisotopic (exact) mass is 231 g/mol. The summed E-state index contributed by atoms with van der Waals surface area (Å²) in [5.41, 5.74) is 3.82. The fourth-order valence-electron chi connectivity index (χ4n) is 0.878. The Balaban J connectivity index is 4.38. The van der Waals surface area contributed by atoms with Crippen molar-refractivity contribution in [2.45, 2.75) is 38.8 Å². The van der Waals surface area contributed by atoms with Crippen molar-refractivity contribution >= 4 is 17.9 Å². The van der Waals surface area contributed by atoms with E-state index in [4.69, 9.17) is 10.8 Å². The summed E-state index contributed by atoms with van der Waals surface area (Å²) in [5, 5.41) is 13.2. The smallest absolute Gasteiger partial charge is 0.326 e. The molecule has 92 valence electrons. The van der Waals surface area contributed by atoms with E-state index in [0.29, 0.717) is 0 Å². The Morgan fingerprint density at radius 1 is 1.38 bits per heavy atom. The van der Waals surface area contributed by atoms with Gasteiger partial charge in [0.1, 0.15) is 11.6 Å². The lowest BCUT2D eigenvalue weighted by molar-refractivity contribution is -0.139. The highest BCUT2D eigenvalue weighted by molar-refractivity contribution is 5.90. The van der Waals surface area contributed by atoms with Crippen molar-refractivity contribution in [3.05, 3.63) is 0 Å². The molecule has 0 aliphatic heterocycles. The van der Waals surface area contributed by atoms with Crippen molar-refractivity contribution in [1.29, 1.82) is 0 Å². The summed E-state index contributed by atoms with van der Waals surface area (Å²) < 4.78 is 0. The highest BCUT2D eigenvalue weighted by Gasteiger charge is 2.28. The van der Waals surface area contributed by atoms with E-state index < -0.39 is 29.5 Å². The first-order valence-electron chi connectivity index (χ1n) is 4.82. The molecule has 0 spiro atoms. The maximum Gasteiger partial charge on any atom is 0.326 e. The van der Waals surface area contributed by atoms with E-state index in [1.165, 1.54) is 13.8 Å². The number of carbonyl (C=O) groups excluding carboxylic acids is 2. The molecule has 0 bridgehead atoms. The maximum absolute atomic E-state index is 11.3. The minimum Gasteiger partial charge on any atom is -0.480 e. The minimum absolute atomic E-state index is 0.250. The molecule has 0 saturated carbocycles. The van der Waals surface area contributed by atoms with Crippen molar-refractivity contribution in [2.24, 2.45) is 5.73 Å². The van der Waals surface area contributed by atoms with Crippen molar-refractivity contribution in [3.8, 4) is 0 Å². The fraction of sp³-hybridized carbons (Fsp3) is 0.667. The van der Waals surface area contributed by atoms with Crippen molar-refractivity contribution in [2.75, 3.05) is 0 Å². The summed E-state index contributed by atoms with van der Waals surface area (Å²) in [4.78, 5) is 32.9. The van der Waals surface area contributed by atoms with Crippen LogP contribution in [0.1, 0.15) is 27.2 Å². The predicted molar refractivity (Wildman–Crippen MR) is 56.7 cm³/mol. The van der Waals surface area contributed by atoms with Gasteiger partial charge in [-0.3, -0.25) is 4.79 Å². The Labute approximate surface area is 93.4 Å². The zero-order chi connectivity index (χ0) is 12.9. The topological polar surface area (TPSA) is 122 Å². The van der Waals surface area contributed by atoms with Crippen LogP contribution < -0.4 is 16.4 Å². The number of carboxylic acid groups (broad SMARTS) is 1. The van der Waals surface area contributed by atoms with E-state index in [2.05, 4.69) is 10.6 Å². The molecule has 0 aromatic heterocycles. The number of primary amides is 1. The summed E-state index contributed by atoms with van der Waals surface area (Å²) in [6.45, 7) is 4.48. The van der Waals surface area contributed by atoms with Gasteiger partial charge in [0.15, 0.2) is 0 Å². The molecule has 0 rings (SSSR count). The lowest BCUT2D eigenvalue weighted by atomic mass is 10.1. The molecule has 0 aliphatic rings. The largest absolute Gasteiger partial charge is 0.480 e. The Bertz CT molecular complexity index is 301.